The van der Waals surface area contributed by atoms with E-state index in [0.29, 0.717) is 0 Å². The molecule has 0 aromatic rings. The number of hydrogen-bond acceptors (Lipinski definition) is 21. The van der Waals surface area contributed by atoms with Crippen LogP contribution in [-0.2, 0) is 28.4 Å². The summed E-state index contributed by atoms with van der Waals surface area (Å²) in [5.41, 5.74) is 0. The number of carboxylic acid groups (broad SMARTS) is 6. The summed E-state index contributed by atoms with van der Waals surface area (Å²) in [6, 6.07) is 0. The molecule has 0 rings (SSSR count). The fourth-order valence-corrected chi connectivity index (χ4v) is 0.471. The number of ether oxygens (including phenoxy) is 6. The van der Waals surface area contributed by atoms with Crippen LogP contribution in [-0.4, -0.2) is 107 Å². The molecule has 0 N–H and O–H groups in total. The topological polar surface area (TPSA) is 347 Å². The standard InChI is InChI=1S/3C3H2O7.2In/c3*4-1(5)9-3(8)10-2(6)7;;/h3*(H,4,5)(H,6,7);;/q;;;2*+3/p-6. The van der Waals surface area contributed by atoms with Gasteiger partial charge in [-0.15, -0.1) is 0 Å². The summed E-state index contributed by atoms with van der Waals surface area (Å²) in [6.45, 7) is 0. The van der Waals surface area contributed by atoms with Crippen LogP contribution in [0.25, 0.3) is 0 Å². The second kappa shape index (κ2) is 22.1. The summed E-state index contributed by atoms with van der Waals surface area (Å²) in [5.74, 6) is 0. The minimum absolute atomic E-state index is 0. The molecule has 0 aliphatic rings. The molecule has 32 heavy (non-hydrogen) atoms. The van der Waals surface area contributed by atoms with E-state index in [1.54, 1.807) is 0 Å². The fraction of sp³-hybridized carbons (Fsp3) is 0. The Morgan fingerprint density at radius 1 is 0.312 bits per heavy atom. The predicted molar refractivity (Wildman–Crippen MR) is 66.6 cm³/mol. The van der Waals surface area contributed by atoms with Crippen molar-refractivity contribution in [3.63, 3.8) is 0 Å². The molecule has 0 unspecified atom stereocenters. The van der Waals surface area contributed by atoms with Crippen LogP contribution in [0.4, 0.5) is 43.2 Å². The van der Waals surface area contributed by atoms with Crippen LogP contribution in [0.15, 0.2) is 0 Å². The monoisotopic (exact) mass is 674 g/mol. The second-order valence-corrected chi connectivity index (χ2v) is 2.86. The Balaban J connectivity index is -0.000000110. The summed E-state index contributed by atoms with van der Waals surface area (Å²) in [4.78, 5) is 85.4. The van der Waals surface area contributed by atoms with Gasteiger partial charge in [-0.05, 0) is 0 Å². The van der Waals surface area contributed by atoms with Crippen molar-refractivity contribution in [1.29, 1.82) is 0 Å². The molecular weight excluding hydrogens is 674 g/mol. The van der Waals surface area contributed by atoms with Gasteiger partial charge in [-0.25, -0.2) is 14.4 Å². The average molecular weight is 674 g/mol. The molecule has 0 saturated heterocycles. The molecule has 168 valence electrons. The number of carbonyl (C=O) groups excluding carboxylic acids is 9. The normalized spacial score (nSPS) is 7.50. The van der Waals surface area contributed by atoms with Gasteiger partial charge in [0.25, 0.3) is 36.9 Å². The number of rotatable bonds is 0. The molecule has 0 bridgehead atoms. The number of hydrogen-bond donors (Lipinski definition) is 0. The summed E-state index contributed by atoms with van der Waals surface area (Å²) in [6.07, 6.45) is -19.0. The van der Waals surface area contributed by atoms with Crippen LogP contribution in [0.1, 0.15) is 0 Å². The first-order valence-electron chi connectivity index (χ1n) is 5.51. The van der Waals surface area contributed by atoms with Crippen molar-refractivity contribution in [1.82, 2.24) is 0 Å². The van der Waals surface area contributed by atoms with Crippen molar-refractivity contribution < 1.29 is 102 Å². The van der Waals surface area contributed by atoms with Crippen molar-refractivity contribution in [2.45, 2.75) is 0 Å². The van der Waals surface area contributed by atoms with Crippen LogP contribution in [0.5, 0.6) is 0 Å². The Morgan fingerprint density at radius 2 is 0.406 bits per heavy atom. The first-order chi connectivity index (χ1) is 13.6. The molecule has 0 amide bonds. The van der Waals surface area contributed by atoms with Crippen molar-refractivity contribution in [3.8, 4) is 0 Å². The zero-order valence-electron chi connectivity index (χ0n) is 14.2. The molecule has 0 aromatic carbocycles. The van der Waals surface area contributed by atoms with Gasteiger partial charge in [0.15, 0.2) is 0 Å². The smallest absolute Gasteiger partial charge is 0.467 e. The zero-order valence-corrected chi connectivity index (χ0v) is 20.8. The van der Waals surface area contributed by atoms with E-state index < -0.39 is 55.4 Å². The molecule has 0 aromatic heterocycles. The molecule has 21 nitrogen and oxygen atoms in total. The van der Waals surface area contributed by atoms with E-state index in [9.17, 15) is 73.8 Å². The summed E-state index contributed by atoms with van der Waals surface area (Å²) >= 11 is 0. The van der Waals surface area contributed by atoms with E-state index in [0.717, 1.165) is 0 Å². The first kappa shape index (κ1) is 38.9. The van der Waals surface area contributed by atoms with E-state index in [2.05, 4.69) is 28.4 Å². The maximum atomic E-state index is 9.78. The Labute approximate surface area is 208 Å². The Bertz CT molecular complexity index is 561. The van der Waals surface area contributed by atoms with Crippen molar-refractivity contribution in [2.75, 3.05) is 0 Å². The predicted octanol–water partition coefficient (Wildman–Crippen LogP) is -7.28. The summed E-state index contributed by atoms with van der Waals surface area (Å²) < 4.78 is 18.5. The molecule has 23 heteroatoms. The van der Waals surface area contributed by atoms with Gasteiger partial charge in [-0.3, -0.25) is 0 Å². The Hall–Kier alpha value is -3.63. The molecule has 0 aliphatic carbocycles. The summed E-state index contributed by atoms with van der Waals surface area (Å²) in [7, 11) is 0. The van der Waals surface area contributed by atoms with E-state index in [1.807, 2.05) is 0 Å². The van der Waals surface area contributed by atoms with Gasteiger partial charge in [0, 0.05) is 0 Å². The molecule has 0 radical (unpaired) electrons. The third-order valence-corrected chi connectivity index (χ3v) is 1.000. The van der Waals surface area contributed by atoms with Crippen LogP contribution >= 0.6 is 0 Å². The number of carbonyl (C=O) groups is 9. The summed E-state index contributed by atoms with van der Waals surface area (Å²) in [5, 5.41) is 56.1. The molecule has 0 spiro atoms. The van der Waals surface area contributed by atoms with E-state index in [-0.39, 0.29) is 51.7 Å². The minimum atomic E-state index is -2.20. The molecule has 0 fully saturated rings. The molecule has 0 aliphatic heterocycles. The fourth-order valence-electron chi connectivity index (χ4n) is 0.471. The van der Waals surface area contributed by atoms with Crippen LogP contribution in [0.2, 0.25) is 0 Å². The van der Waals surface area contributed by atoms with Gasteiger partial charge in [0.05, 0.1) is 0 Å². The van der Waals surface area contributed by atoms with E-state index in [1.165, 1.54) is 0 Å². The average Bonchev–Trinajstić information content (AvgIpc) is 2.42. The SMILES string of the molecule is O=C([O-])OC(=O)OC(=O)[O-].O=C([O-])OC(=O)OC(=O)[O-].O=C([O-])OC(=O)OC(=O)[O-].[In+3].[In+3]. The van der Waals surface area contributed by atoms with Crippen LogP contribution < -0.4 is 30.6 Å². The molecular formula is C9In2O21. The third-order valence-electron chi connectivity index (χ3n) is 1.000. The minimum Gasteiger partial charge on any atom is -0.467 e. The quantitative estimate of drug-likeness (QED) is 0.131. The largest absolute Gasteiger partial charge is 3.00 e. The van der Waals surface area contributed by atoms with Gasteiger partial charge >= 0.3 is 70.2 Å². The van der Waals surface area contributed by atoms with Gasteiger partial charge in [-0.2, -0.15) is 0 Å². The van der Waals surface area contributed by atoms with Crippen LogP contribution in [0, 0.1) is 0 Å². The van der Waals surface area contributed by atoms with Gasteiger partial charge in [0.1, 0.15) is 0 Å². The maximum absolute atomic E-state index is 9.78. The van der Waals surface area contributed by atoms with Crippen molar-refractivity contribution in [3.05, 3.63) is 0 Å². The Kier molecular flexibility index (Phi) is 26.8. The molecule has 0 atom stereocenters. The van der Waals surface area contributed by atoms with E-state index in [4.69, 9.17) is 0 Å². The Morgan fingerprint density at radius 3 is 0.469 bits per heavy atom. The van der Waals surface area contributed by atoms with Crippen molar-refractivity contribution in [2.24, 2.45) is 0 Å². The van der Waals surface area contributed by atoms with Gasteiger partial charge < -0.3 is 87.8 Å². The third kappa shape index (κ3) is 40.9. The second-order valence-electron chi connectivity index (χ2n) is 2.86. The molecule has 0 saturated carbocycles. The van der Waals surface area contributed by atoms with Crippen molar-refractivity contribution >= 4 is 107 Å². The van der Waals surface area contributed by atoms with Gasteiger partial charge in [-0.1, -0.05) is 0 Å². The van der Waals surface area contributed by atoms with E-state index >= 15 is 0 Å². The molecule has 0 heterocycles. The zero-order chi connectivity index (χ0) is 24.4. The van der Waals surface area contributed by atoms with Crippen LogP contribution in [0.3, 0.4) is 0 Å². The first-order valence-corrected chi connectivity index (χ1v) is 5.51. The van der Waals surface area contributed by atoms with Gasteiger partial charge in [0.2, 0.25) is 0 Å². The maximum Gasteiger partial charge on any atom is 3.00 e.